The number of hydrogen-bond acceptors (Lipinski definition) is 3. The minimum atomic E-state index is -0.365. The lowest BCUT2D eigenvalue weighted by molar-refractivity contribution is -0.130. The van der Waals surface area contributed by atoms with Crippen LogP contribution in [0.25, 0.3) is 0 Å². The molecule has 0 spiro atoms. The molecule has 6 heteroatoms. The van der Waals surface area contributed by atoms with Gasteiger partial charge in [0, 0.05) is 24.9 Å². The van der Waals surface area contributed by atoms with Gasteiger partial charge < -0.3 is 5.32 Å². The molecule has 0 atom stereocenters. The van der Waals surface area contributed by atoms with E-state index in [1.807, 2.05) is 32.0 Å². The summed E-state index contributed by atoms with van der Waals surface area (Å²) < 4.78 is 0. The van der Waals surface area contributed by atoms with Crippen LogP contribution < -0.4 is 16.2 Å². The summed E-state index contributed by atoms with van der Waals surface area (Å²) in [6.07, 6.45) is 5.07. The van der Waals surface area contributed by atoms with Gasteiger partial charge in [-0.1, -0.05) is 25.0 Å². The number of rotatable bonds is 6. The summed E-state index contributed by atoms with van der Waals surface area (Å²) in [7, 11) is 0. The van der Waals surface area contributed by atoms with Crippen molar-refractivity contribution in [2.24, 2.45) is 5.92 Å². The molecule has 3 amide bonds. The first-order valence-corrected chi connectivity index (χ1v) is 8.89. The van der Waals surface area contributed by atoms with Gasteiger partial charge in [-0.3, -0.25) is 25.2 Å². The number of carbonyl (C=O) groups excluding carboxylic acids is 3. The fourth-order valence-corrected chi connectivity index (χ4v) is 3.04. The van der Waals surface area contributed by atoms with E-state index in [-0.39, 0.29) is 30.6 Å². The largest absolute Gasteiger partial charge is 0.326 e. The lowest BCUT2D eigenvalue weighted by atomic mass is 10.0. The molecule has 1 aliphatic carbocycles. The van der Waals surface area contributed by atoms with Crippen LogP contribution in [0.15, 0.2) is 18.2 Å². The van der Waals surface area contributed by atoms with Crippen LogP contribution in [-0.4, -0.2) is 17.7 Å². The maximum atomic E-state index is 12.0. The predicted octanol–water partition coefficient (Wildman–Crippen LogP) is 2.75. The van der Waals surface area contributed by atoms with Crippen molar-refractivity contribution in [3.63, 3.8) is 0 Å². The quantitative estimate of drug-likeness (QED) is 0.693. The average Bonchev–Trinajstić information content (AvgIpc) is 3.07. The highest BCUT2D eigenvalue weighted by Crippen LogP contribution is 2.27. The highest BCUT2D eigenvalue weighted by Gasteiger charge is 2.18. The van der Waals surface area contributed by atoms with Gasteiger partial charge >= 0.3 is 0 Å². The van der Waals surface area contributed by atoms with Gasteiger partial charge in [-0.25, -0.2) is 0 Å². The van der Waals surface area contributed by atoms with E-state index < -0.39 is 0 Å². The molecule has 1 fully saturated rings. The van der Waals surface area contributed by atoms with Gasteiger partial charge in [-0.05, 0) is 49.8 Å². The van der Waals surface area contributed by atoms with Crippen molar-refractivity contribution in [2.75, 3.05) is 5.32 Å². The second-order valence-electron chi connectivity index (χ2n) is 6.82. The summed E-state index contributed by atoms with van der Waals surface area (Å²) >= 11 is 0. The monoisotopic (exact) mass is 345 g/mol. The number of hydrazine groups is 1. The molecule has 6 nitrogen and oxygen atoms in total. The molecule has 0 saturated heterocycles. The highest BCUT2D eigenvalue weighted by atomic mass is 16.2. The normalized spacial score (nSPS) is 14.2. The number of benzene rings is 1. The van der Waals surface area contributed by atoms with Crippen LogP contribution in [0.2, 0.25) is 0 Å². The van der Waals surface area contributed by atoms with Gasteiger partial charge in [0.1, 0.15) is 0 Å². The topological polar surface area (TPSA) is 87.3 Å². The van der Waals surface area contributed by atoms with Crippen LogP contribution in [0.1, 0.15) is 56.1 Å². The van der Waals surface area contributed by atoms with E-state index in [4.69, 9.17) is 0 Å². The molecule has 0 aliphatic heterocycles. The first-order chi connectivity index (χ1) is 11.9. The summed E-state index contributed by atoms with van der Waals surface area (Å²) in [6.45, 7) is 3.87. The van der Waals surface area contributed by atoms with Crippen molar-refractivity contribution in [1.29, 1.82) is 0 Å². The zero-order valence-electron chi connectivity index (χ0n) is 15.0. The van der Waals surface area contributed by atoms with E-state index in [9.17, 15) is 14.4 Å². The van der Waals surface area contributed by atoms with Crippen LogP contribution in [0.5, 0.6) is 0 Å². The Kier molecular flexibility index (Phi) is 6.98. The molecule has 0 aromatic heterocycles. The van der Waals surface area contributed by atoms with Crippen molar-refractivity contribution in [3.8, 4) is 0 Å². The second kappa shape index (κ2) is 9.20. The number of aryl methyl sites for hydroxylation is 2. The Morgan fingerprint density at radius 3 is 2.32 bits per heavy atom. The van der Waals surface area contributed by atoms with E-state index in [2.05, 4.69) is 16.2 Å². The summed E-state index contributed by atoms with van der Waals surface area (Å²) in [4.78, 5) is 35.5. The van der Waals surface area contributed by atoms with Crippen molar-refractivity contribution in [1.82, 2.24) is 10.9 Å². The Morgan fingerprint density at radius 2 is 1.60 bits per heavy atom. The summed E-state index contributed by atoms with van der Waals surface area (Å²) in [5.41, 5.74) is 7.60. The summed E-state index contributed by atoms with van der Waals surface area (Å²) in [5, 5.41) is 2.81. The molecule has 2 rings (SSSR count). The lowest BCUT2D eigenvalue weighted by Crippen LogP contribution is -2.42. The molecule has 1 aromatic carbocycles. The lowest BCUT2D eigenvalue weighted by Gasteiger charge is -2.11. The third-order valence-electron chi connectivity index (χ3n) is 4.54. The molecular weight excluding hydrogens is 318 g/mol. The third-order valence-corrected chi connectivity index (χ3v) is 4.54. The van der Waals surface area contributed by atoms with Crippen LogP contribution in [-0.2, 0) is 14.4 Å². The molecule has 0 radical (unpaired) electrons. The minimum absolute atomic E-state index is 0.0282. The van der Waals surface area contributed by atoms with Gasteiger partial charge in [0.05, 0.1) is 0 Å². The smallest absolute Gasteiger partial charge is 0.238 e. The first kappa shape index (κ1) is 19.0. The van der Waals surface area contributed by atoms with Crippen LogP contribution in [0, 0.1) is 19.8 Å². The second-order valence-corrected chi connectivity index (χ2v) is 6.82. The Morgan fingerprint density at radius 1 is 0.960 bits per heavy atom. The number of carbonyl (C=O) groups is 3. The van der Waals surface area contributed by atoms with Crippen molar-refractivity contribution in [2.45, 2.75) is 58.8 Å². The van der Waals surface area contributed by atoms with Crippen molar-refractivity contribution >= 4 is 23.4 Å². The summed E-state index contributed by atoms with van der Waals surface area (Å²) in [5.74, 6) is -0.322. The Labute approximate surface area is 148 Å². The van der Waals surface area contributed by atoms with E-state index in [1.54, 1.807) is 0 Å². The Balaban J connectivity index is 1.66. The molecule has 0 heterocycles. The molecule has 25 heavy (non-hydrogen) atoms. The predicted molar refractivity (Wildman–Crippen MR) is 96.6 cm³/mol. The number of anilines is 1. The van der Waals surface area contributed by atoms with E-state index in [0.29, 0.717) is 12.3 Å². The fourth-order valence-electron chi connectivity index (χ4n) is 3.04. The summed E-state index contributed by atoms with van der Waals surface area (Å²) in [6, 6.07) is 5.82. The molecule has 1 saturated carbocycles. The molecular formula is C19H27N3O3. The average molecular weight is 345 g/mol. The number of amides is 3. The van der Waals surface area contributed by atoms with Crippen LogP contribution in [0.4, 0.5) is 5.69 Å². The molecule has 1 aromatic rings. The Hall–Kier alpha value is -2.37. The molecule has 3 N–H and O–H groups in total. The van der Waals surface area contributed by atoms with Crippen molar-refractivity contribution < 1.29 is 14.4 Å². The van der Waals surface area contributed by atoms with Gasteiger partial charge in [0.25, 0.3) is 0 Å². The zero-order valence-corrected chi connectivity index (χ0v) is 15.0. The third kappa shape index (κ3) is 6.57. The Bertz CT molecular complexity index is 637. The SMILES string of the molecule is Cc1ccc(C)c(NC(=O)CCC(=O)NNC(=O)CC2CCCC2)c1. The molecule has 0 bridgehead atoms. The zero-order chi connectivity index (χ0) is 18.2. The first-order valence-electron chi connectivity index (χ1n) is 8.89. The molecule has 136 valence electrons. The van der Waals surface area contributed by atoms with Crippen molar-refractivity contribution in [3.05, 3.63) is 29.3 Å². The van der Waals surface area contributed by atoms with Crippen LogP contribution in [0.3, 0.4) is 0 Å². The van der Waals surface area contributed by atoms with E-state index in [1.165, 1.54) is 12.8 Å². The maximum absolute atomic E-state index is 12.0. The fraction of sp³-hybridized carbons (Fsp3) is 0.526. The molecule has 1 aliphatic rings. The van der Waals surface area contributed by atoms with Gasteiger partial charge in [-0.15, -0.1) is 0 Å². The van der Waals surface area contributed by atoms with Crippen LogP contribution >= 0.6 is 0 Å². The van der Waals surface area contributed by atoms with E-state index in [0.717, 1.165) is 29.7 Å². The maximum Gasteiger partial charge on any atom is 0.238 e. The standard InChI is InChI=1S/C19H27N3O3/c1-13-7-8-14(2)16(11-13)20-17(23)9-10-18(24)21-22-19(25)12-15-5-3-4-6-15/h7-8,11,15H,3-6,9-10,12H2,1-2H3,(H,20,23)(H,21,24)(H,22,25). The van der Waals surface area contributed by atoms with E-state index >= 15 is 0 Å². The number of nitrogens with one attached hydrogen (secondary N) is 3. The number of hydrogen-bond donors (Lipinski definition) is 3. The van der Waals surface area contributed by atoms with Gasteiger partial charge in [0.2, 0.25) is 17.7 Å². The highest BCUT2D eigenvalue weighted by molar-refractivity contribution is 5.94. The molecule has 0 unspecified atom stereocenters. The van der Waals surface area contributed by atoms with Gasteiger partial charge in [-0.2, -0.15) is 0 Å². The minimum Gasteiger partial charge on any atom is -0.326 e. The van der Waals surface area contributed by atoms with Gasteiger partial charge in [0.15, 0.2) is 0 Å².